The first-order chi connectivity index (χ1) is 9.10. The second kappa shape index (κ2) is 6.06. The minimum atomic E-state index is 0.324. The Balaban J connectivity index is 2.15. The number of rotatable bonds is 4. The minimum Gasteiger partial charge on any atom is -0.370 e. The number of aromatic nitrogens is 2. The molecule has 0 aliphatic carbocycles. The molecule has 1 fully saturated rings. The maximum atomic E-state index is 5.79. The molecule has 106 valence electrons. The van der Waals surface area contributed by atoms with Gasteiger partial charge in [0.15, 0.2) is 0 Å². The molecule has 0 amide bonds. The molecule has 1 aromatic rings. The van der Waals surface area contributed by atoms with Gasteiger partial charge >= 0.3 is 0 Å². The molecular weight excluding hydrogens is 240 g/mol. The van der Waals surface area contributed by atoms with Gasteiger partial charge in [0.1, 0.15) is 11.6 Å². The number of likely N-dealkylation sites (tertiary alicyclic amines) is 1. The summed E-state index contributed by atoms with van der Waals surface area (Å²) in [5.74, 6) is 2.01. The Morgan fingerprint density at radius 1 is 1.53 bits per heavy atom. The third-order valence-electron chi connectivity index (χ3n) is 3.60. The van der Waals surface area contributed by atoms with E-state index in [1.165, 1.54) is 19.4 Å². The summed E-state index contributed by atoms with van der Waals surface area (Å²) in [6.45, 7) is 5.11. The maximum absolute atomic E-state index is 5.79. The lowest BCUT2D eigenvalue weighted by atomic mass is 10.1. The summed E-state index contributed by atoms with van der Waals surface area (Å²) in [6, 6.07) is 2.46. The topological polar surface area (TPSA) is 70.3 Å². The summed E-state index contributed by atoms with van der Waals surface area (Å²) >= 11 is 0. The van der Waals surface area contributed by atoms with Gasteiger partial charge in [-0.05, 0) is 33.4 Å². The summed E-state index contributed by atoms with van der Waals surface area (Å²) < 4.78 is 0. The van der Waals surface area contributed by atoms with E-state index in [9.17, 15) is 0 Å². The standard InChI is InChI=1S/C13H24N6/c1-4-15-11-8-12(17-13(14)16-11)19(3)10-6-5-7-18(2)9-10/h8,10H,4-7,9H2,1-3H3,(H3,14,15,16,17). The average molecular weight is 264 g/mol. The van der Waals surface area contributed by atoms with Crippen molar-refractivity contribution in [3.63, 3.8) is 0 Å². The van der Waals surface area contributed by atoms with Crippen molar-refractivity contribution >= 4 is 17.6 Å². The zero-order valence-corrected chi connectivity index (χ0v) is 12.1. The van der Waals surface area contributed by atoms with Crippen LogP contribution in [0.1, 0.15) is 19.8 Å². The van der Waals surface area contributed by atoms with Crippen LogP contribution in [0, 0.1) is 0 Å². The van der Waals surface area contributed by atoms with E-state index in [2.05, 4.69) is 39.2 Å². The Hall–Kier alpha value is -1.56. The molecule has 1 saturated heterocycles. The van der Waals surface area contributed by atoms with Crippen molar-refractivity contribution in [1.29, 1.82) is 0 Å². The van der Waals surface area contributed by atoms with E-state index >= 15 is 0 Å². The van der Waals surface area contributed by atoms with Gasteiger partial charge in [0.2, 0.25) is 5.95 Å². The van der Waals surface area contributed by atoms with Crippen LogP contribution in [0.3, 0.4) is 0 Å². The van der Waals surface area contributed by atoms with Crippen LogP contribution in [-0.2, 0) is 0 Å². The predicted octanol–water partition coefficient (Wildman–Crippen LogP) is 1.02. The van der Waals surface area contributed by atoms with Crippen LogP contribution in [0.25, 0.3) is 0 Å². The molecule has 0 spiro atoms. The molecule has 2 rings (SSSR count). The molecule has 1 unspecified atom stereocenters. The van der Waals surface area contributed by atoms with E-state index in [1.54, 1.807) is 0 Å². The number of nitrogens with one attached hydrogen (secondary N) is 1. The van der Waals surface area contributed by atoms with Crippen LogP contribution in [0.4, 0.5) is 17.6 Å². The molecule has 6 nitrogen and oxygen atoms in total. The molecule has 2 heterocycles. The van der Waals surface area contributed by atoms with Crippen LogP contribution < -0.4 is 16.0 Å². The lowest BCUT2D eigenvalue weighted by Crippen LogP contribution is -2.45. The largest absolute Gasteiger partial charge is 0.370 e. The molecule has 3 N–H and O–H groups in total. The molecule has 1 aliphatic rings. The third-order valence-corrected chi connectivity index (χ3v) is 3.60. The van der Waals surface area contributed by atoms with Gasteiger partial charge in [0.05, 0.1) is 0 Å². The summed E-state index contributed by atoms with van der Waals surface area (Å²) in [4.78, 5) is 13.1. The SMILES string of the molecule is CCNc1cc(N(C)C2CCCN(C)C2)nc(N)n1. The van der Waals surface area contributed by atoms with Gasteiger partial charge in [-0.3, -0.25) is 0 Å². The molecule has 6 heteroatoms. The molecule has 0 aromatic carbocycles. The molecule has 0 radical (unpaired) electrons. The number of hydrogen-bond acceptors (Lipinski definition) is 6. The molecule has 0 saturated carbocycles. The zero-order valence-electron chi connectivity index (χ0n) is 12.1. The predicted molar refractivity (Wildman–Crippen MR) is 79.5 cm³/mol. The molecule has 0 bridgehead atoms. The van der Waals surface area contributed by atoms with Crippen molar-refractivity contribution in [3.8, 4) is 0 Å². The van der Waals surface area contributed by atoms with Gasteiger partial charge in [-0.1, -0.05) is 0 Å². The highest BCUT2D eigenvalue weighted by Gasteiger charge is 2.22. The summed E-state index contributed by atoms with van der Waals surface area (Å²) in [5.41, 5.74) is 5.79. The third kappa shape index (κ3) is 3.47. The summed E-state index contributed by atoms with van der Waals surface area (Å²) in [7, 11) is 4.25. The minimum absolute atomic E-state index is 0.324. The van der Waals surface area contributed by atoms with Gasteiger partial charge in [-0.15, -0.1) is 0 Å². The van der Waals surface area contributed by atoms with E-state index in [-0.39, 0.29) is 0 Å². The fraction of sp³-hybridized carbons (Fsp3) is 0.692. The number of nitrogens with zero attached hydrogens (tertiary/aromatic N) is 4. The highest BCUT2D eigenvalue weighted by Crippen LogP contribution is 2.22. The first kappa shape index (κ1) is 13.9. The van der Waals surface area contributed by atoms with E-state index in [4.69, 9.17) is 5.73 Å². The number of nitrogen functional groups attached to an aromatic ring is 1. The second-order valence-electron chi connectivity index (χ2n) is 5.17. The highest BCUT2D eigenvalue weighted by atomic mass is 15.3. The van der Waals surface area contributed by atoms with Crippen LogP contribution in [0.15, 0.2) is 6.07 Å². The van der Waals surface area contributed by atoms with E-state index in [0.717, 1.165) is 24.7 Å². The quantitative estimate of drug-likeness (QED) is 0.846. The smallest absolute Gasteiger partial charge is 0.223 e. The van der Waals surface area contributed by atoms with Crippen LogP contribution >= 0.6 is 0 Å². The van der Waals surface area contributed by atoms with Crippen LogP contribution in [0.5, 0.6) is 0 Å². The van der Waals surface area contributed by atoms with Crippen molar-refractivity contribution < 1.29 is 0 Å². The summed E-state index contributed by atoms with van der Waals surface area (Å²) in [6.07, 6.45) is 2.42. The lowest BCUT2D eigenvalue weighted by molar-refractivity contribution is 0.247. The van der Waals surface area contributed by atoms with E-state index in [1.807, 2.05) is 13.0 Å². The number of hydrogen-bond donors (Lipinski definition) is 2. The zero-order chi connectivity index (χ0) is 13.8. The fourth-order valence-corrected chi connectivity index (χ4v) is 2.55. The van der Waals surface area contributed by atoms with Gasteiger partial charge in [0.25, 0.3) is 0 Å². The lowest BCUT2D eigenvalue weighted by Gasteiger charge is -2.36. The van der Waals surface area contributed by atoms with Crippen molar-refractivity contribution in [2.45, 2.75) is 25.8 Å². The van der Waals surface area contributed by atoms with Crippen molar-refractivity contribution in [3.05, 3.63) is 6.07 Å². The van der Waals surface area contributed by atoms with E-state index < -0.39 is 0 Å². The van der Waals surface area contributed by atoms with E-state index in [0.29, 0.717) is 12.0 Å². The van der Waals surface area contributed by atoms with Gasteiger partial charge in [0, 0.05) is 32.2 Å². The number of piperidine rings is 1. The monoisotopic (exact) mass is 264 g/mol. The van der Waals surface area contributed by atoms with Gasteiger partial charge < -0.3 is 20.9 Å². The normalized spacial score (nSPS) is 20.3. The maximum Gasteiger partial charge on any atom is 0.223 e. The van der Waals surface area contributed by atoms with Crippen molar-refractivity contribution in [2.75, 3.05) is 49.7 Å². The van der Waals surface area contributed by atoms with Crippen LogP contribution in [-0.4, -0.2) is 54.6 Å². The first-order valence-electron chi connectivity index (χ1n) is 6.90. The molecule has 1 aromatic heterocycles. The first-order valence-corrected chi connectivity index (χ1v) is 6.90. The Morgan fingerprint density at radius 2 is 2.32 bits per heavy atom. The number of likely N-dealkylation sites (N-methyl/N-ethyl adjacent to an activating group) is 2. The second-order valence-corrected chi connectivity index (χ2v) is 5.17. The van der Waals surface area contributed by atoms with Crippen molar-refractivity contribution in [1.82, 2.24) is 14.9 Å². The van der Waals surface area contributed by atoms with Gasteiger partial charge in [-0.2, -0.15) is 9.97 Å². The Kier molecular flexibility index (Phi) is 4.42. The van der Waals surface area contributed by atoms with Crippen molar-refractivity contribution in [2.24, 2.45) is 0 Å². The average Bonchev–Trinajstić information content (AvgIpc) is 2.37. The summed E-state index contributed by atoms with van der Waals surface area (Å²) in [5, 5.41) is 3.19. The Labute approximate surface area is 115 Å². The van der Waals surface area contributed by atoms with Gasteiger partial charge in [-0.25, -0.2) is 0 Å². The Morgan fingerprint density at radius 3 is 3.00 bits per heavy atom. The Bertz CT molecular complexity index is 422. The molecule has 1 atom stereocenters. The number of nitrogens with two attached hydrogens (primary N) is 1. The fourth-order valence-electron chi connectivity index (χ4n) is 2.55. The molecule has 19 heavy (non-hydrogen) atoms. The van der Waals surface area contributed by atoms with Crippen LogP contribution in [0.2, 0.25) is 0 Å². The number of anilines is 3. The molecular formula is C13H24N6. The highest BCUT2D eigenvalue weighted by molar-refractivity contribution is 5.52. The molecule has 1 aliphatic heterocycles.